The summed E-state index contributed by atoms with van der Waals surface area (Å²) in [5.41, 5.74) is 5.57. The van der Waals surface area contributed by atoms with Gasteiger partial charge in [-0.15, -0.1) is 0 Å². The Hall–Kier alpha value is -2.50. The van der Waals surface area contributed by atoms with E-state index in [9.17, 15) is 9.59 Å². The molecule has 3 atom stereocenters. The Bertz CT molecular complexity index is 778. The lowest BCUT2D eigenvalue weighted by atomic mass is 9.91. The summed E-state index contributed by atoms with van der Waals surface area (Å²) in [6.45, 7) is 2.86. The average molecular weight is 335 g/mol. The number of imide groups is 1. The van der Waals surface area contributed by atoms with Crippen LogP contribution in [0.5, 0.6) is 0 Å². The molecule has 0 bridgehead atoms. The number of hydrogen-bond acceptors (Lipinski definition) is 4. The van der Waals surface area contributed by atoms with E-state index in [-0.39, 0.29) is 23.8 Å². The minimum Gasteiger partial charge on any atom is -0.281 e. The molecule has 2 aromatic rings. The standard InChI is InChI=1S/C20H21N3O2/c1-2-22-19(24)16-17(15-11-7-4-8-12-15)21-23(18(16)20(22)25)13-14-9-5-3-6-10-14/h3-12,16-18,21H,2,13H2,1H3/t16-,17-,18+/m1/s1. The number of likely N-dealkylation sites (N-methyl/N-ethyl adjacent to an activating group) is 1. The summed E-state index contributed by atoms with van der Waals surface area (Å²) in [5.74, 6) is -0.549. The number of amides is 2. The van der Waals surface area contributed by atoms with Crippen LogP contribution in [0.15, 0.2) is 60.7 Å². The molecule has 0 unspecified atom stereocenters. The summed E-state index contributed by atoms with van der Waals surface area (Å²) in [5, 5.41) is 1.94. The smallest absolute Gasteiger partial charge is 0.248 e. The van der Waals surface area contributed by atoms with E-state index in [1.165, 1.54) is 4.90 Å². The zero-order valence-corrected chi connectivity index (χ0v) is 14.1. The van der Waals surface area contributed by atoms with Crippen LogP contribution in [0.4, 0.5) is 0 Å². The van der Waals surface area contributed by atoms with Gasteiger partial charge >= 0.3 is 0 Å². The van der Waals surface area contributed by atoms with Crippen LogP contribution in [0.2, 0.25) is 0 Å². The van der Waals surface area contributed by atoms with Gasteiger partial charge in [0.25, 0.3) is 0 Å². The quantitative estimate of drug-likeness (QED) is 0.870. The molecule has 1 N–H and O–H groups in total. The lowest BCUT2D eigenvalue weighted by Crippen LogP contribution is -2.44. The van der Waals surface area contributed by atoms with Crippen molar-refractivity contribution in [2.75, 3.05) is 6.54 Å². The number of benzene rings is 2. The van der Waals surface area contributed by atoms with Gasteiger partial charge in [0.2, 0.25) is 11.8 Å². The number of rotatable bonds is 4. The highest BCUT2D eigenvalue weighted by atomic mass is 16.2. The molecule has 5 nitrogen and oxygen atoms in total. The van der Waals surface area contributed by atoms with Gasteiger partial charge < -0.3 is 0 Å². The monoisotopic (exact) mass is 335 g/mol. The van der Waals surface area contributed by atoms with Crippen molar-refractivity contribution >= 4 is 11.8 Å². The summed E-state index contributed by atoms with van der Waals surface area (Å²) in [6, 6.07) is 19.3. The second-order valence-corrected chi connectivity index (χ2v) is 6.52. The van der Waals surface area contributed by atoms with Crippen LogP contribution in [0.1, 0.15) is 24.1 Å². The van der Waals surface area contributed by atoms with Gasteiger partial charge in [-0.05, 0) is 18.1 Å². The van der Waals surface area contributed by atoms with Gasteiger partial charge in [0, 0.05) is 13.1 Å². The summed E-state index contributed by atoms with van der Waals surface area (Å²) < 4.78 is 0. The highest BCUT2D eigenvalue weighted by Crippen LogP contribution is 2.40. The lowest BCUT2D eigenvalue weighted by Gasteiger charge is -2.24. The first-order chi connectivity index (χ1) is 12.2. The molecule has 128 valence electrons. The summed E-state index contributed by atoms with van der Waals surface area (Å²) in [4.78, 5) is 27.1. The maximum absolute atomic E-state index is 12.8. The number of nitrogens with zero attached hydrogens (tertiary/aromatic N) is 2. The van der Waals surface area contributed by atoms with E-state index in [4.69, 9.17) is 0 Å². The van der Waals surface area contributed by atoms with Crippen molar-refractivity contribution in [3.63, 3.8) is 0 Å². The zero-order valence-electron chi connectivity index (χ0n) is 14.1. The number of likely N-dealkylation sites (tertiary alicyclic amines) is 1. The summed E-state index contributed by atoms with van der Waals surface area (Å²) >= 11 is 0. The van der Waals surface area contributed by atoms with Crippen molar-refractivity contribution in [2.45, 2.75) is 25.6 Å². The van der Waals surface area contributed by atoms with Gasteiger partial charge in [-0.3, -0.25) is 14.5 Å². The zero-order chi connectivity index (χ0) is 17.4. The van der Waals surface area contributed by atoms with Crippen LogP contribution in [-0.4, -0.2) is 34.3 Å². The average Bonchev–Trinajstić information content (AvgIpc) is 3.14. The third-order valence-electron chi connectivity index (χ3n) is 5.08. The first-order valence-corrected chi connectivity index (χ1v) is 8.67. The van der Waals surface area contributed by atoms with Crippen molar-refractivity contribution in [2.24, 2.45) is 5.92 Å². The van der Waals surface area contributed by atoms with E-state index >= 15 is 0 Å². The fraction of sp³-hybridized carbons (Fsp3) is 0.300. The number of carbonyl (C=O) groups is 2. The fourth-order valence-electron chi connectivity index (χ4n) is 3.91. The van der Waals surface area contributed by atoms with Crippen molar-refractivity contribution in [1.29, 1.82) is 0 Å². The van der Waals surface area contributed by atoms with Crippen LogP contribution in [0, 0.1) is 5.92 Å². The van der Waals surface area contributed by atoms with Gasteiger partial charge in [-0.1, -0.05) is 60.7 Å². The highest BCUT2D eigenvalue weighted by Gasteiger charge is 2.57. The van der Waals surface area contributed by atoms with Crippen LogP contribution in [-0.2, 0) is 16.1 Å². The van der Waals surface area contributed by atoms with Crippen molar-refractivity contribution in [3.05, 3.63) is 71.8 Å². The number of nitrogens with one attached hydrogen (secondary N) is 1. The molecule has 2 amide bonds. The molecule has 2 aromatic carbocycles. The third kappa shape index (κ3) is 2.65. The molecule has 5 heteroatoms. The molecule has 0 aromatic heterocycles. The minimum atomic E-state index is -0.446. The Balaban J connectivity index is 1.69. The fourth-order valence-corrected chi connectivity index (χ4v) is 3.91. The van der Waals surface area contributed by atoms with Gasteiger partial charge in [-0.2, -0.15) is 0 Å². The maximum atomic E-state index is 12.8. The normalized spacial score (nSPS) is 26.3. The highest BCUT2D eigenvalue weighted by molar-refractivity contribution is 6.07. The largest absolute Gasteiger partial charge is 0.281 e. The Morgan fingerprint density at radius 3 is 2.20 bits per heavy atom. The molecule has 2 saturated heterocycles. The first kappa shape index (κ1) is 16.0. The third-order valence-corrected chi connectivity index (χ3v) is 5.08. The van der Waals surface area contributed by atoms with E-state index < -0.39 is 6.04 Å². The molecule has 0 saturated carbocycles. The van der Waals surface area contributed by atoms with Crippen molar-refractivity contribution in [3.8, 4) is 0 Å². The second kappa shape index (κ2) is 6.43. The molecule has 2 aliphatic heterocycles. The van der Waals surface area contributed by atoms with Gasteiger partial charge in [0.1, 0.15) is 6.04 Å². The van der Waals surface area contributed by atoms with E-state index in [1.807, 2.05) is 72.6 Å². The molecule has 2 fully saturated rings. The Labute approximate surface area is 147 Å². The number of carbonyl (C=O) groups excluding carboxylic acids is 2. The summed E-state index contributed by atoms with van der Waals surface area (Å²) in [6.07, 6.45) is 0. The second-order valence-electron chi connectivity index (χ2n) is 6.52. The molecule has 0 radical (unpaired) electrons. The summed E-state index contributed by atoms with van der Waals surface area (Å²) in [7, 11) is 0. The first-order valence-electron chi connectivity index (χ1n) is 8.67. The molecule has 25 heavy (non-hydrogen) atoms. The number of hydrazine groups is 1. The topological polar surface area (TPSA) is 52.7 Å². The van der Waals surface area contributed by atoms with Crippen LogP contribution in [0.3, 0.4) is 0 Å². The number of hydrogen-bond donors (Lipinski definition) is 1. The number of fused-ring (bicyclic) bond motifs is 1. The van der Waals surface area contributed by atoms with E-state index in [1.54, 1.807) is 0 Å². The minimum absolute atomic E-state index is 0.0746. The van der Waals surface area contributed by atoms with Crippen LogP contribution >= 0.6 is 0 Å². The SMILES string of the molecule is CCN1C(=O)[C@@H]2[C@@H](c3ccccc3)NN(Cc3ccccc3)[C@@H]2C1=O. The van der Waals surface area contributed by atoms with Gasteiger partial charge in [-0.25, -0.2) is 10.4 Å². The Morgan fingerprint density at radius 1 is 0.920 bits per heavy atom. The van der Waals surface area contributed by atoms with Gasteiger partial charge in [0.05, 0.1) is 12.0 Å². The van der Waals surface area contributed by atoms with Crippen LogP contribution in [0.25, 0.3) is 0 Å². The van der Waals surface area contributed by atoms with E-state index in [0.717, 1.165) is 11.1 Å². The predicted octanol–water partition coefficient (Wildman–Crippen LogP) is 2.12. The Morgan fingerprint density at radius 2 is 1.56 bits per heavy atom. The van der Waals surface area contributed by atoms with E-state index in [0.29, 0.717) is 13.1 Å². The molecule has 2 heterocycles. The lowest BCUT2D eigenvalue weighted by molar-refractivity contribution is -0.141. The maximum Gasteiger partial charge on any atom is 0.248 e. The predicted molar refractivity (Wildman–Crippen MR) is 94.0 cm³/mol. The van der Waals surface area contributed by atoms with Gasteiger partial charge in [0.15, 0.2) is 0 Å². The van der Waals surface area contributed by atoms with Crippen molar-refractivity contribution < 1.29 is 9.59 Å². The van der Waals surface area contributed by atoms with Crippen LogP contribution < -0.4 is 5.43 Å². The molecular formula is C20H21N3O2. The Kier molecular flexibility index (Phi) is 4.11. The molecule has 0 aliphatic carbocycles. The molecule has 0 spiro atoms. The van der Waals surface area contributed by atoms with Crippen molar-refractivity contribution in [1.82, 2.24) is 15.3 Å². The van der Waals surface area contributed by atoms with E-state index in [2.05, 4.69) is 5.43 Å². The molecule has 2 aliphatic rings. The molecule has 4 rings (SSSR count). The molecular weight excluding hydrogens is 314 g/mol.